The first-order valence-electron chi connectivity index (χ1n) is 11.3. The molecule has 0 amide bonds. The molecule has 150 valence electrons. The van der Waals surface area contributed by atoms with E-state index in [0.29, 0.717) is 11.8 Å². The van der Waals surface area contributed by atoms with Crippen LogP contribution in [0.3, 0.4) is 0 Å². The zero-order valence-electron chi connectivity index (χ0n) is 18.9. The molecule has 5 rings (SSSR count). The monoisotopic (exact) mass is 382 g/mol. The lowest BCUT2D eigenvalue weighted by atomic mass is 9.78. The quantitative estimate of drug-likeness (QED) is 0.402. The van der Waals surface area contributed by atoms with Gasteiger partial charge >= 0.3 is 0 Å². The van der Waals surface area contributed by atoms with Crippen molar-refractivity contribution >= 4 is 0 Å². The van der Waals surface area contributed by atoms with Crippen molar-refractivity contribution in [2.24, 2.45) is 5.92 Å². The summed E-state index contributed by atoms with van der Waals surface area (Å²) in [5.41, 5.74) is 12.6. The smallest absolute Gasteiger partial charge is 0.00519 e. The van der Waals surface area contributed by atoms with Gasteiger partial charge in [-0.05, 0) is 75.0 Å². The van der Waals surface area contributed by atoms with Gasteiger partial charge in [-0.1, -0.05) is 95.7 Å². The first-order chi connectivity index (χ1) is 13.6. The lowest BCUT2D eigenvalue weighted by molar-refractivity contribution is 0.582. The fraction of sp³-hybridized carbons (Fsp3) is 0.448. The molecule has 0 saturated heterocycles. The van der Waals surface area contributed by atoms with Crippen molar-refractivity contribution in [1.82, 2.24) is 0 Å². The number of hydrogen-bond acceptors (Lipinski definition) is 0. The van der Waals surface area contributed by atoms with E-state index in [1.165, 1.54) is 40.7 Å². The first-order valence-corrected chi connectivity index (χ1v) is 11.3. The van der Waals surface area contributed by atoms with Gasteiger partial charge in [0, 0.05) is 5.92 Å². The standard InChI is InChI=1S/C29H34/c1-28(2,3)20-12-10-19-14-25-26(23-13-11-18-8-7-9-22(18)23)16-21(29(4,5)6)17-27(25)24(19)15-20/h7-10,12,15-17,22-23H,11,13-14H2,1-6H3. The van der Waals surface area contributed by atoms with Gasteiger partial charge in [-0.3, -0.25) is 0 Å². The molecule has 0 bridgehead atoms. The summed E-state index contributed by atoms with van der Waals surface area (Å²) >= 11 is 0. The zero-order chi connectivity index (χ0) is 20.6. The van der Waals surface area contributed by atoms with E-state index in [1.54, 1.807) is 16.7 Å². The second kappa shape index (κ2) is 6.21. The Bertz CT molecular complexity index is 1050. The molecule has 0 nitrogen and oxygen atoms in total. The second-order valence-corrected chi connectivity index (χ2v) is 11.4. The molecule has 0 heterocycles. The van der Waals surface area contributed by atoms with Gasteiger partial charge in [-0.15, -0.1) is 0 Å². The van der Waals surface area contributed by atoms with Gasteiger partial charge < -0.3 is 0 Å². The molecule has 0 spiro atoms. The van der Waals surface area contributed by atoms with Crippen molar-refractivity contribution < 1.29 is 0 Å². The molecule has 2 aromatic rings. The third-order valence-corrected chi connectivity index (χ3v) is 7.42. The molecule has 0 radical (unpaired) electrons. The maximum atomic E-state index is 2.56. The molecule has 2 atom stereocenters. The van der Waals surface area contributed by atoms with E-state index in [2.05, 4.69) is 90.1 Å². The Kier molecular flexibility index (Phi) is 4.05. The average molecular weight is 383 g/mol. The van der Waals surface area contributed by atoms with Crippen molar-refractivity contribution in [1.29, 1.82) is 0 Å². The second-order valence-electron chi connectivity index (χ2n) is 11.4. The van der Waals surface area contributed by atoms with Gasteiger partial charge in [0.25, 0.3) is 0 Å². The Labute approximate surface area is 176 Å². The van der Waals surface area contributed by atoms with Gasteiger partial charge in [0.2, 0.25) is 0 Å². The number of rotatable bonds is 1. The van der Waals surface area contributed by atoms with Crippen molar-refractivity contribution in [3.05, 3.63) is 82.0 Å². The molecule has 29 heavy (non-hydrogen) atoms. The van der Waals surface area contributed by atoms with Crippen molar-refractivity contribution in [3.63, 3.8) is 0 Å². The van der Waals surface area contributed by atoms with E-state index >= 15 is 0 Å². The van der Waals surface area contributed by atoms with E-state index in [9.17, 15) is 0 Å². The van der Waals surface area contributed by atoms with Crippen LogP contribution in [-0.4, -0.2) is 0 Å². The minimum atomic E-state index is 0.164. The summed E-state index contributed by atoms with van der Waals surface area (Å²) in [7, 11) is 0. The summed E-state index contributed by atoms with van der Waals surface area (Å²) in [6.45, 7) is 14.0. The van der Waals surface area contributed by atoms with Crippen LogP contribution in [0.2, 0.25) is 0 Å². The molecule has 2 aromatic carbocycles. The number of hydrogen-bond donors (Lipinski definition) is 0. The summed E-state index contributed by atoms with van der Waals surface area (Å²) in [5, 5.41) is 0. The minimum absolute atomic E-state index is 0.164. The highest BCUT2D eigenvalue weighted by Gasteiger charge is 2.36. The predicted octanol–water partition coefficient (Wildman–Crippen LogP) is 7.84. The Hall–Kier alpha value is -2.08. The van der Waals surface area contributed by atoms with E-state index < -0.39 is 0 Å². The van der Waals surface area contributed by atoms with Gasteiger partial charge in [0.05, 0.1) is 0 Å². The molecule has 0 aliphatic heterocycles. The molecular formula is C29H34. The molecule has 0 aromatic heterocycles. The highest BCUT2D eigenvalue weighted by molar-refractivity contribution is 5.80. The highest BCUT2D eigenvalue weighted by Crippen LogP contribution is 2.51. The molecule has 3 aliphatic rings. The average Bonchev–Trinajstić information content (AvgIpc) is 3.32. The van der Waals surface area contributed by atoms with Gasteiger partial charge in [0.1, 0.15) is 0 Å². The molecule has 0 N–H and O–H groups in total. The van der Waals surface area contributed by atoms with Crippen LogP contribution in [0.15, 0.2) is 54.1 Å². The van der Waals surface area contributed by atoms with Crippen molar-refractivity contribution in [3.8, 4) is 11.1 Å². The van der Waals surface area contributed by atoms with Crippen LogP contribution >= 0.6 is 0 Å². The summed E-state index contributed by atoms with van der Waals surface area (Å²) in [6.07, 6.45) is 10.7. The van der Waals surface area contributed by atoms with Crippen LogP contribution in [0.4, 0.5) is 0 Å². The Morgan fingerprint density at radius 2 is 1.55 bits per heavy atom. The van der Waals surface area contributed by atoms with Gasteiger partial charge in [0.15, 0.2) is 0 Å². The van der Waals surface area contributed by atoms with Crippen LogP contribution in [-0.2, 0) is 17.3 Å². The Balaban J connectivity index is 1.70. The number of fused-ring (bicyclic) bond motifs is 4. The normalized spacial score (nSPS) is 22.5. The summed E-state index contributed by atoms with van der Waals surface area (Å²) in [5.74, 6) is 1.27. The summed E-state index contributed by atoms with van der Waals surface area (Å²) in [6, 6.07) is 12.3. The Morgan fingerprint density at radius 1 is 0.828 bits per heavy atom. The maximum absolute atomic E-state index is 2.56. The maximum Gasteiger partial charge on any atom is 0.00519 e. The topological polar surface area (TPSA) is 0 Å². The summed E-state index contributed by atoms with van der Waals surface area (Å²) < 4.78 is 0. The highest BCUT2D eigenvalue weighted by atomic mass is 14.4. The van der Waals surface area contributed by atoms with Crippen molar-refractivity contribution in [2.45, 2.75) is 77.6 Å². The van der Waals surface area contributed by atoms with E-state index in [0.717, 1.165) is 6.42 Å². The fourth-order valence-electron chi connectivity index (χ4n) is 5.56. The van der Waals surface area contributed by atoms with E-state index in [-0.39, 0.29) is 10.8 Å². The largest absolute Gasteiger partial charge is 0.0767 e. The molecule has 3 aliphatic carbocycles. The third kappa shape index (κ3) is 3.03. The van der Waals surface area contributed by atoms with Crippen molar-refractivity contribution in [2.75, 3.05) is 0 Å². The lowest BCUT2D eigenvalue weighted by Crippen LogP contribution is -2.14. The fourth-order valence-corrected chi connectivity index (χ4v) is 5.56. The molecular weight excluding hydrogens is 348 g/mol. The van der Waals surface area contributed by atoms with Crippen LogP contribution in [0.5, 0.6) is 0 Å². The molecule has 2 unspecified atom stereocenters. The SMILES string of the molecule is CC(C)(C)c1ccc2c(c1)-c1cc(C(C)(C)C)cc(C3CCC4=CC=CC43)c1C2. The first kappa shape index (κ1) is 18.9. The van der Waals surface area contributed by atoms with Gasteiger partial charge in [-0.25, -0.2) is 0 Å². The number of allylic oxidation sites excluding steroid dienone is 4. The van der Waals surface area contributed by atoms with E-state index in [4.69, 9.17) is 0 Å². The minimum Gasteiger partial charge on any atom is -0.0767 e. The van der Waals surface area contributed by atoms with Crippen LogP contribution < -0.4 is 0 Å². The van der Waals surface area contributed by atoms with Crippen LogP contribution in [0, 0.1) is 5.92 Å². The number of benzene rings is 2. The molecule has 0 heteroatoms. The van der Waals surface area contributed by atoms with Gasteiger partial charge in [-0.2, -0.15) is 0 Å². The van der Waals surface area contributed by atoms with E-state index in [1.807, 2.05) is 0 Å². The summed E-state index contributed by atoms with van der Waals surface area (Å²) in [4.78, 5) is 0. The Morgan fingerprint density at radius 3 is 2.28 bits per heavy atom. The zero-order valence-corrected chi connectivity index (χ0v) is 18.9. The molecule has 1 fully saturated rings. The van der Waals surface area contributed by atoms with Crippen LogP contribution in [0.25, 0.3) is 11.1 Å². The third-order valence-electron chi connectivity index (χ3n) is 7.42. The predicted molar refractivity (Wildman–Crippen MR) is 125 cm³/mol. The van der Waals surface area contributed by atoms with Crippen LogP contribution in [0.1, 0.15) is 88.1 Å². The lowest BCUT2D eigenvalue weighted by Gasteiger charge is -2.26. The molecule has 1 saturated carbocycles.